The van der Waals surface area contributed by atoms with Crippen LogP contribution in [0.3, 0.4) is 0 Å². The molecule has 5 heteroatoms. The van der Waals surface area contributed by atoms with Crippen LogP contribution in [0.1, 0.15) is 31.6 Å². The van der Waals surface area contributed by atoms with Gasteiger partial charge in [-0.1, -0.05) is 26.3 Å². The van der Waals surface area contributed by atoms with Crippen LogP contribution in [-0.4, -0.2) is 23.4 Å². The molecule has 0 spiro atoms. The number of hydrogen-bond donors (Lipinski definition) is 2. The second-order valence-corrected chi connectivity index (χ2v) is 4.99. The van der Waals surface area contributed by atoms with Crippen molar-refractivity contribution in [3.63, 3.8) is 0 Å². The minimum absolute atomic E-state index is 0.0924. The van der Waals surface area contributed by atoms with E-state index in [4.69, 9.17) is 5.84 Å². The van der Waals surface area contributed by atoms with Crippen molar-refractivity contribution in [2.75, 3.05) is 6.54 Å². The van der Waals surface area contributed by atoms with Crippen LogP contribution in [0.25, 0.3) is 0 Å². The fourth-order valence-electron chi connectivity index (χ4n) is 1.89. The monoisotopic (exact) mass is 255 g/mol. The van der Waals surface area contributed by atoms with Crippen LogP contribution >= 0.6 is 11.3 Å². The van der Waals surface area contributed by atoms with Gasteiger partial charge in [0.05, 0.1) is 6.04 Å². The van der Waals surface area contributed by atoms with Crippen LogP contribution in [0, 0.1) is 0 Å². The van der Waals surface area contributed by atoms with Crippen molar-refractivity contribution < 1.29 is 4.79 Å². The lowest BCUT2D eigenvalue weighted by atomic mass is 10.1. The van der Waals surface area contributed by atoms with Crippen LogP contribution in [-0.2, 0) is 11.3 Å². The zero-order valence-corrected chi connectivity index (χ0v) is 11.3. The third-order valence-corrected chi connectivity index (χ3v) is 3.65. The molecule has 1 amide bonds. The van der Waals surface area contributed by atoms with Gasteiger partial charge in [-0.05, 0) is 24.4 Å². The first-order chi connectivity index (χ1) is 8.22. The van der Waals surface area contributed by atoms with E-state index in [0.29, 0.717) is 0 Å². The number of amides is 1. The van der Waals surface area contributed by atoms with Gasteiger partial charge in [-0.2, -0.15) is 0 Å². The van der Waals surface area contributed by atoms with Crippen LogP contribution < -0.4 is 11.3 Å². The first-order valence-corrected chi connectivity index (χ1v) is 6.87. The first kappa shape index (κ1) is 14.2. The number of hydrazine groups is 1. The Bertz CT molecular complexity index is 327. The molecule has 0 aliphatic carbocycles. The Kier molecular flexibility index (Phi) is 6.18. The zero-order valence-electron chi connectivity index (χ0n) is 10.5. The lowest BCUT2D eigenvalue weighted by Crippen LogP contribution is -2.48. The summed E-state index contributed by atoms with van der Waals surface area (Å²) >= 11 is 1.72. The number of nitrogens with zero attached hydrogens (tertiary/aromatic N) is 1. The summed E-state index contributed by atoms with van der Waals surface area (Å²) in [6, 6.07) is 4.00. The third kappa shape index (κ3) is 4.11. The molecule has 1 rings (SSSR count). The average molecular weight is 255 g/mol. The fourth-order valence-corrected chi connectivity index (χ4v) is 2.62. The molecular formula is C12H21N3OS. The van der Waals surface area contributed by atoms with E-state index >= 15 is 0 Å². The van der Waals surface area contributed by atoms with E-state index < -0.39 is 0 Å². The quantitative estimate of drug-likeness (QED) is 0.443. The average Bonchev–Trinajstić information content (AvgIpc) is 2.85. The Balaban J connectivity index is 2.70. The largest absolute Gasteiger partial charge is 0.293 e. The highest BCUT2D eigenvalue weighted by Crippen LogP contribution is 2.16. The summed E-state index contributed by atoms with van der Waals surface area (Å²) in [6.45, 7) is 5.80. The molecule has 96 valence electrons. The van der Waals surface area contributed by atoms with Gasteiger partial charge in [0.1, 0.15) is 0 Å². The minimum Gasteiger partial charge on any atom is -0.293 e. The van der Waals surface area contributed by atoms with Gasteiger partial charge in [-0.25, -0.2) is 5.84 Å². The molecule has 0 aliphatic heterocycles. The maximum Gasteiger partial charge on any atom is 0.251 e. The number of nitrogens with two attached hydrogens (primary N) is 1. The number of rotatable bonds is 7. The molecule has 0 saturated carbocycles. The standard InChI is InChI=1S/C12H21N3OS/c1-3-6-11(12(16)14-13)15(4-2)9-10-7-5-8-17-10/h5,7-8,11H,3-4,6,9,13H2,1-2H3,(H,14,16). The molecule has 0 radical (unpaired) electrons. The molecule has 0 saturated heterocycles. The SMILES string of the molecule is CCCC(C(=O)NN)N(CC)Cc1cccs1. The Labute approximate surface area is 107 Å². The minimum atomic E-state index is -0.128. The van der Waals surface area contributed by atoms with Gasteiger partial charge >= 0.3 is 0 Å². The molecule has 1 aromatic heterocycles. The van der Waals surface area contributed by atoms with Crippen molar-refractivity contribution in [3.05, 3.63) is 22.4 Å². The van der Waals surface area contributed by atoms with E-state index in [1.807, 2.05) is 6.07 Å². The maximum atomic E-state index is 11.8. The molecule has 1 heterocycles. The maximum absolute atomic E-state index is 11.8. The predicted octanol–water partition coefficient (Wildman–Crippen LogP) is 1.73. The normalized spacial score (nSPS) is 12.7. The third-order valence-electron chi connectivity index (χ3n) is 2.79. The van der Waals surface area contributed by atoms with E-state index in [9.17, 15) is 4.79 Å². The summed E-state index contributed by atoms with van der Waals surface area (Å²) in [5.74, 6) is 5.15. The molecule has 1 atom stereocenters. The van der Waals surface area contributed by atoms with Crippen molar-refractivity contribution in [3.8, 4) is 0 Å². The van der Waals surface area contributed by atoms with Gasteiger partial charge in [0.25, 0.3) is 5.91 Å². The van der Waals surface area contributed by atoms with Gasteiger partial charge in [0.2, 0.25) is 0 Å². The molecule has 0 bridgehead atoms. The van der Waals surface area contributed by atoms with E-state index in [1.54, 1.807) is 11.3 Å². The summed E-state index contributed by atoms with van der Waals surface area (Å²) < 4.78 is 0. The Morgan fingerprint density at radius 1 is 1.59 bits per heavy atom. The summed E-state index contributed by atoms with van der Waals surface area (Å²) in [5.41, 5.74) is 2.27. The number of thiophene rings is 1. The summed E-state index contributed by atoms with van der Waals surface area (Å²) in [7, 11) is 0. The lowest BCUT2D eigenvalue weighted by Gasteiger charge is -2.28. The fraction of sp³-hybridized carbons (Fsp3) is 0.583. The van der Waals surface area contributed by atoms with Gasteiger partial charge in [-0.15, -0.1) is 11.3 Å². The smallest absolute Gasteiger partial charge is 0.251 e. The van der Waals surface area contributed by atoms with Gasteiger partial charge in [0, 0.05) is 11.4 Å². The van der Waals surface area contributed by atoms with Crippen molar-refractivity contribution >= 4 is 17.2 Å². The number of carbonyl (C=O) groups excluding carboxylic acids is 1. The van der Waals surface area contributed by atoms with Crippen molar-refractivity contribution in [2.24, 2.45) is 5.84 Å². The molecular weight excluding hydrogens is 234 g/mol. The molecule has 1 aromatic rings. The Hall–Kier alpha value is -0.910. The van der Waals surface area contributed by atoms with Crippen molar-refractivity contribution in [2.45, 2.75) is 39.3 Å². The summed E-state index contributed by atoms with van der Waals surface area (Å²) in [4.78, 5) is 15.2. The van der Waals surface area contributed by atoms with Crippen LogP contribution in [0.15, 0.2) is 17.5 Å². The molecule has 0 aliphatic rings. The van der Waals surface area contributed by atoms with Gasteiger partial charge < -0.3 is 0 Å². The highest BCUT2D eigenvalue weighted by Gasteiger charge is 2.23. The zero-order chi connectivity index (χ0) is 12.7. The molecule has 0 fully saturated rings. The van der Waals surface area contributed by atoms with Crippen LogP contribution in [0.5, 0.6) is 0 Å². The molecule has 1 unspecified atom stereocenters. The van der Waals surface area contributed by atoms with Crippen molar-refractivity contribution in [1.29, 1.82) is 0 Å². The number of nitrogens with one attached hydrogen (secondary N) is 1. The number of hydrogen-bond acceptors (Lipinski definition) is 4. The summed E-state index contributed by atoms with van der Waals surface area (Å²) in [6.07, 6.45) is 1.81. The van der Waals surface area contributed by atoms with Crippen LogP contribution in [0.2, 0.25) is 0 Å². The van der Waals surface area contributed by atoms with Crippen molar-refractivity contribution in [1.82, 2.24) is 10.3 Å². The van der Waals surface area contributed by atoms with E-state index in [-0.39, 0.29) is 11.9 Å². The highest BCUT2D eigenvalue weighted by atomic mass is 32.1. The second-order valence-electron chi connectivity index (χ2n) is 3.96. The lowest BCUT2D eigenvalue weighted by molar-refractivity contribution is -0.127. The first-order valence-electron chi connectivity index (χ1n) is 5.99. The van der Waals surface area contributed by atoms with Crippen LogP contribution in [0.4, 0.5) is 0 Å². The number of likely N-dealkylation sites (N-methyl/N-ethyl adjacent to an activating group) is 1. The molecule has 3 N–H and O–H groups in total. The Morgan fingerprint density at radius 3 is 2.82 bits per heavy atom. The van der Waals surface area contributed by atoms with E-state index in [0.717, 1.165) is 25.9 Å². The van der Waals surface area contributed by atoms with E-state index in [1.165, 1.54) is 4.88 Å². The topological polar surface area (TPSA) is 58.4 Å². The van der Waals surface area contributed by atoms with Gasteiger partial charge in [0.15, 0.2) is 0 Å². The summed E-state index contributed by atoms with van der Waals surface area (Å²) in [5, 5.41) is 2.06. The molecule has 4 nitrogen and oxygen atoms in total. The predicted molar refractivity (Wildman–Crippen MR) is 71.4 cm³/mol. The molecule has 0 aromatic carbocycles. The van der Waals surface area contributed by atoms with E-state index in [2.05, 4.69) is 35.6 Å². The second kappa shape index (κ2) is 7.42. The highest BCUT2D eigenvalue weighted by molar-refractivity contribution is 7.09. The number of carbonyl (C=O) groups is 1. The Morgan fingerprint density at radius 2 is 2.35 bits per heavy atom. The molecule has 17 heavy (non-hydrogen) atoms. The van der Waals surface area contributed by atoms with Gasteiger partial charge in [-0.3, -0.25) is 15.1 Å².